The standard InChI is InChI=1S/C22H13BrO/c23-22-12-21-17-7-5-13-3-1-2-4-15(13)16(17)9-10-18(21)20-11-14(24)6-8-19(20)22/h1-12,24H. The Balaban J connectivity index is 2.05. The molecule has 1 nitrogen and oxygen atoms in total. The van der Waals surface area contributed by atoms with Crippen molar-refractivity contribution in [1.82, 2.24) is 0 Å². The zero-order valence-corrected chi connectivity index (χ0v) is 14.3. The molecule has 0 radical (unpaired) electrons. The molecule has 0 bridgehead atoms. The van der Waals surface area contributed by atoms with Crippen LogP contribution in [0.3, 0.4) is 0 Å². The van der Waals surface area contributed by atoms with E-state index in [0.717, 1.165) is 20.6 Å². The number of hydrogen-bond acceptors (Lipinski definition) is 1. The van der Waals surface area contributed by atoms with Crippen LogP contribution in [-0.4, -0.2) is 5.11 Å². The van der Waals surface area contributed by atoms with Gasteiger partial charge in [0.2, 0.25) is 0 Å². The van der Waals surface area contributed by atoms with Gasteiger partial charge in [0.1, 0.15) is 5.75 Å². The van der Waals surface area contributed by atoms with Crippen molar-refractivity contribution < 1.29 is 5.11 Å². The van der Waals surface area contributed by atoms with E-state index in [2.05, 4.69) is 70.5 Å². The van der Waals surface area contributed by atoms with Crippen molar-refractivity contribution >= 4 is 59.0 Å². The van der Waals surface area contributed by atoms with Gasteiger partial charge in [0.25, 0.3) is 0 Å². The van der Waals surface area contributed by atoms with E-state index in [1.165, 1.54) is 26.9 Å². The molecule has 0 heterocycles. The molecule has 0 amide bonds. The average Bonchev–Trinajstić information content (AvgIpc) is 2.61. The van der Waals surface area contributed by atoms with Crippen LogP contribution in [0.2, 0.25) is 0 Å². The van der Waals surface area contributed by atoms with Crippen LogP contribution in [0, 0.1) is 0 Å². The molecular formula is C22H13BrO. The molecule has 0 aromatic heterocycles. The van der Waals surface area contributed by atoms with Gasteiger partial charge in [-0.05, 0) is 67.4 Å². The maximum Gasteiger partial charge on any atom is 0.116 e. The second-order valence-corrected chi connectivity index (χ2v) is 6.99. The third-order valence-corrected chi connectivity index (χ3v) is 5.45. The van der Waals surface area contributed by atoms with Gasteiger partial charge in [0.15, 0.2) is 0 Å². The zero-order valence-electron chi connectivity index (χ0n) is 12.8. The minimum Gasteiger partial charge on any atom is -0.508 e. The van der Waals surface area contributed by atoms with Crippen LogP contribution in [-0.2, 0) is 0 Å². The fourth-order valence-electron chi connectivity index (χ4n) is 3.67. The van der Waals surface area contributed by atoms with Gasteiger partial charge in [-0.25, -0.2) is 0 Å². The Morgan fingerprint density at radius 3 is 2.04 bits per heavy atom. The number of halogens is 1. The van der Waals surface area contributed by atoms with Gasteiger partial charge in [-0.2, -0.15) is 0 Å². The van der Waals surface area contributed by atoms with Crippen molar-refractivity contribution in [2.24, 2.45) is 0 Å². The highest BCUT2D eigenvalue weighted by Gasteiger charge is 2.10. The van der Waals surface area contributed by atoms with Crippen molar-refractivity contribution in [3.8, 4) is 5.75 Å². The highest BCUT2D eigenvalue weighted by Crippen LogP contribution is 2.38. The van der Waals surface area contributed by atoms with Gasteiger partial charge in [-0.15, -0.1) is 0 Å². The molecule has 0 saturated carbocycles. The lowest BCUT2D eigenvalue weighted by atomic mass is 9.94. The van der Waals surface area contributed by atoms with Crippen LogP contribution in [0.25, 0.3) is 43.1 Å². The topological polar surface area (TPSA) is 20.2 Å². The van der Waals surface area contributed by atoms with Crippen molar-refractivity contribution in [3.63, 3.8) is 0 Å². The van der Waals surface area contributed by atoms with Gasteiger partial charge in [-0.1, -0.05) is 64.5 Å². The van der Waals surface area contributed by atoms with Crippen LogP contribution in [0.5, 0.6) is 5.75 Å². The summed E-state index contributed by atoms with van der Waals surface area (Å²) in [7, 11) is 0. The van der Waals surface area contributed by atoms with E-state index < -0.39 is 0 Å². The maximum atomic E-state index is 9.92. The van der Waals surface area contributed by atoms with Crippen LogP contribution in [0.4, 0.5) is 0 Å². The molecule has 5 rings (SSSR count). The molecule has 5 aromatic rings. The number of hydrogen-bond donors (Lipinski definition) is 1. The SMILES string of the molecule is Oc1ccc2c(Br)cc3c(ccc4c5ccccc5ccc43)c2c1. The van der Waals surface area contributed by atoms with E-state index in [4.69, 9.17) is 0 Å². The molecule has 0 saturated heterocycles. The van der Waals surface area contributed by atoms with E-state index in [9.17, 15) is 5.11 Å². The Bertz CT molecular complexity index is 1270. The minimum atomic E-state index is 0.292. The molecule has 0 atom stereocenters. The highest BCUT2D eigenvalue weighted by atomic mass is 79.9. The van der Waals surface area contributed by atoms with Crippen molar-refractivity contribution in [2.45, 2.75) is 0 Å². The first kappa shape index (κ1) is 13.8. The molecule has 0 spiro atoms. The maximum absolute atomic E-state index is 9.92. The number of benzene rings is 5. The van der Waals surface area contributed by atoms with Crippen LogP contribution < -0.4 is 0 Å². The van der Waals surface area contributed by atoms with Crippen LogP contribution in [0.15, 0.2) is 77.3 Å². The third-order valence-electron chi connectivity index (χ3n) is 4.79. The fraction of sp³-hybridized carbons (Fsp3) is 0. The first-order valence-corrected chi connectivity index (χ1v) is 8.67. The van der Waals surface area contributed by atoms with Crippen molar-refractivity contribution in [1.29, 1.82) is 0 Å². The summed E-state index contributed by atoms with van der Waals surface area (Å²) in [6, 6.07) is 24.9. The molecule has 24 heavy (non-hydrogen) atoms. The molecule has 0 aliphatic rings. The largest absolute Gasteiger partial charge is 0.508 e. The highest BCUT2D eigenvalue weighted by molar-refractivity contribution is 9.10. The summed E-state index contributed by atoms with van der Waals surface area (Å²) >= 11 is 3.70. The summed E-state index contributed by atoms with van der Waals surface area (Å²) in [6.07, 6.45) is 0. The van der Waals surface area contributed by atoms with E-state index in [-0.39, 0.29) is 0 Å². The normalized spacial score (nSPS) is 11.7. The predicted molar refractivity (Wildman–Crippen MR) is 106 cm³/mol. The Morgan fingerprint density at radius 1 is 0.542 bits per heavy atom. The summed E-state index contributed by atoms with van der Waals surface area (Å²) in [5.41, 5.74) is 0. The fourth-order valence-corrected chi connectivity index (χ4v) is 4.24. The number of phenols is 1. The number of rotatable bonds is 0. The molecule has 114 valence electrons. The smallest absolute Gasteiger partial charge is 0.116 e. The van der Waals surface area contributed by atoms with E-state index in [0.29, 0.717) is 5.75 Å². The summed E-state index contributed by atoms with van der Waals surface area (Å²) < 4.78 is 1.05. The summed E-state index contributed by atoms with van der Waals surface area (Å²) in [4.78, 5) is 0. The number of phenolic OH excluding ortho intramolecular Hbond substituents is 1. The summed E-state index contributed by atoms with van der Waals surface area (Å²) in [5.74, 6) is 0.292. The number of fused-ring (bicyclic) bond motifs is 7. The molecule has 0 aliphatic heterocycles. The van der Waals surface area contributed by atoms with E-state index in [1.807, 2.05) is 12.1 Å². The van der Waals surface area contributed by atoms with Gasteiger partial charge < -0.3 is 5.11 Å². The molecule has 2 heteroatoms. The third kappa shape index (κ3) is 1.87. The van der Waals surface area contributed by atoms with Crippen LogP contribution >= 0.6 is 15.9 Å². The van der Waals surface area contributed by atoms with E-state index in [1.54, 1.807) is 6.07 Å². The lowest BCUT2D eigenvalue weighted by Crippen LogP contribution is -1.84. The predicted octanol–water partition coefficient (Wildman–Crippen LogP) is 6.77. The molecule has 0 fully saturated rings. The van der Waals surface area contributed by atoms with Gasteiger partial charge in [0, 0.05) is 4.47 Å². The van der Waals surface area contributed by atoms with Crippen molar-refractivity contribution in [3.05, 3.63) is 77.3 Å². The number of aromatic hydroxyl groups is 1. The summed E-state index contributed by atoms with van der Waals surface area (Å²) in [5, 5.41) is 19.5. The quantitative estimate of drug-likeness (QED) is 0.297. The molecule has 1 N–H and O–H groups in total. The Hall–Kier alpha value is -2.58. The molecule has 5 aromatic carbocycles. The van der Waals surface area contributed by atoms with Gasteiger partial charge in [0.05, 0.1) is 0 Å². The Morgan fingerprint density at radius 2 is 1.17 bits per heavy atom. The zero-order chi connectivity index (χ0) is 16.3. The lowest BCUT2D eigenvalue weighted by molar-refractivity contribution is 0.476. The second kappa shape index (κ2) is 4.96. The van der Waals surface area contributed by atoms with Crippen LogP contribution in [0.1, 0.15) is 0 Å². The molecule has 0 unspecified atom stereocenters. The second-order valence-electron chi connectivity index (χ2n) is 6.13. The average molecular weight is 373 g/mol. The van der Waals surface area contributed by atoms with Crippen molar-refractivity contribution in [2.75, 3.05) is 0 Å². The Labute approximate surface area is 147 Å². The first-order valence-electron chi connectivity index (χ1n) is 7.88. The first-order chi connectivity index (χ1) is 11.7. The molecule has 0 aliphatic carbocycles. The van der Waals surface area contributed by atoms with Gasteiger partial charge >= 0.3 is 0 Å². The summed E-state index contributed by atoms with van der Waals surface area (Å²) in [6.45, 7) is 0. The monoisotopic (exact) mass is 372 g/mol. The lowest BCUT2D eigenvalue weighted by Gasteiger charge is -2.11. The molecular weight excluding hydrogens is 360 g/mol. The van der Waals surface area contributed by atoms with E-state index >= 15 is 0 Å². The Kier molecular flexibility index (Phi) is 2.85. The minimum absolute atomic E-state index is 0.292. The van der Waals surface area contributed by atoms with Gasteiger partial charge in [-0.3, -0.25) is 0 Å².